The zero-order chi connectivity index (χ0) is 22.1. The van der Waals surface area contributed by atoms with E-state index in [9.17, 15) is 9.59 Å². The lowest BCUT2D eigenvalue weighted by Crippen LogP contribution is -2.47. The summed E-state index contributed by atoms with van der Waals surface area (Å²) < 4.78 is 0. The minimum atomic E-state index is 0.0180. The number of aromatic nitrogens is 2. The van der Waals surface area contributed by atoms with Crippen molar-refractivity contribution < 1.29 is 9.59 Å². The number of pyridine rings is 2. The van der Waals surface area contributed by atoms with Gasteiger partial charge in [0.2, 0.25) is 0 Å². The van der Waals surface area contributed by atoms with Crippen LogP contribution in [0.2, 0.25) is 0 Å². The molecule has 1 aromatic carbocycles. The summed E-state index contributed by atoms with van der Waals surface area (Å²) in [5.74, 6) is 0.203. The first kappa shape index (κ1) is 20.6. The van der Waals surface area contributed by atoms with Crippen LogP contribution in [-0.4, -0.2) is 82.8 Å². The zero-order valence-electron chi connectivity index (χ0n) is 18.3. The first-order valence-corrected chi connectivity index (χ1v) is 11.2. The first-order valence-electron chi connectivity index (χ1n) is 11.2. The summed E-state index contributed by atoms with van der Waals surface area (Å²) in [5.41, 5.74) is 3.10. The van der Waals surface area contributed by atoms with Crippen LogP contribution >= 0.6 is 0 Å². The number of rotatable bonds is 3. The number of benzene rings is 1. The summed E-state index contributed by atoms with van der Waals surface area (Å²) in [6, 6.07) is 13.3. The minimum absolute atomic E-state index is 0.0180. The number of amides is 2. The Morgan fingerprint density at radius 1 is 0.906 bits per heavy atom. The molecule has 2 aliphatic heterocycles. The number of carbonyl (C=O) groups is 2. The predicted molar refractivity (Wildman–Crippen MR) is 123 cm³/mol. The fourth-order valence-electron chi connectivity index (χ4n) is 4.63. The Morgan fingerprint density at radius 2 is 1.66 bits per heavy atom. The van der Waals surface area contributed by atoms with E-state index in [1.165, 1.54) is 0 Å². The maximum Gasteiger partial charge on any atom is 0.254 e. The van der Waals surface area contributed by atoms with E-state index in [1.54, 1.807) is 24.5 Å². The van der Waals surface area contributed by atoms with Crippen molar-refractivity contribution in [3.8, 4) is 0 Å². The van der Waals surface area contributed by atoms with Crippen LogP contribution < -0.4 is 0 Å². The van der Waals surface area contributed by atoms with Crippen LogP contribution in [-0.2, 0) is 0 Å². The van der Waals surface area contributed by atoms with E-state index in [4.69, 9.17) is 4.98 Å². The van der Waals surface area contributed by atoms with E-state index < -0.39 is 0 Å². The lowest BCUT2D eigenvalue weighted by molar-refractivity contribution is 0.0665. The molecule has 5 rings (SSSR count). The molecule has 0 aliphatic carbocycles. The minimum Gasteiger partial charge on any atom is -0.338 e. The first-order chi connectivity index (χ1) is 15.6. The number of hydrogen-bond acceptors (Lipinski definition) is 5. The molecule has 0 saturated carbocycles. The molecule has 0 spiro atoms. The third kappa shape index (κ3) is 3.96. The van der Waals surface area contributed by atoms with E-state index in [2.05, 4.69) is 16.9 Å². The number of para-hydroxylation sites is 1. The molecule has 7 nitrogen and oxygen atoms in total. The molecule has 0 bridgehead atoms. The fraction of sp³-hybridized carbons (Fsp3) is 0.360. The van der Waals surface area contributed by atoms with Gasteiger partial charge in [0.1, 0.15) is 0 Å². The fourth-order valence-corrected chi connectivity index (χ4v) is 4.63. The standard InChI is InChI=1S/C25H27N5O2/c1-28-12-14-29(15-13-28)25(32)21-16-23(27-22-5-3-2-4-20(21)22)19-8-11-30(17-19)24(31)18-6-9-26-10-7-18/h2-7,9-10,16,19H,8,11-15,17H2,1H3/t19-/m0/s1. The van der Waals surface area contributed by atoms with Gasteiger partial charge in [0, 0.05) is 74.2 Å². The topological polar surface area (TPSA) is 69.6 Å². The third-order valence-corrected chi connectivity index (χ3v) is 6.58. The molecule has 1 atom stereocenters. The van der Waals surface area contributed by atoms with E-state index in [-0.39, 0.29) is 17.7 Å². The summed E-state index contributed by atoms with van der Waals surface area (Å²) in [7, 11) is 2.08. The van der Waals surface area contributed by atoms with Crippen molar-refractivity contribution in [2.45, 2.75) is 12.3 Å². The van der Waals surface area contributed by atoms with Gasteiger partial charge in [-0.25, -0.2) is 0 Å². The van der Waals surface area contributed by atoms with Gasteiger partial charge in [-0.2, -0.15) is 0 Å². The number of carbonyl (C=O) groups excluding carboxylic acids is 2. The van der Waals surface area contributed by atoms with Crippen LogP contribution in [0.3, 0.4) is 0 Å². The summed E-state index contributed by atoms with van der Waals surface area (Å²) in [6.45, 7) is 4.53. The van der Waals surface area contributed by atoms with Gasteiger partial charge in [0.15, 0.2) is 0 Å². The molecule has 2 aromatic heterocycles. The van der Waals surface area contributed by atoms with Gasteiger partial charge < -0.3 is 14.7 Å². The van der Waals surface area contributed by atoms with Gasteiger partial charge in [-0.1, -0.05) is 18.2 Å². The Balaban J connectivity index is 1.42. The van der Waals surface area contributed by atoms with E-state index in [0.29, 0.717) is 24.2 Å². The molecule has 3 aromatic rings. The molecule has 164 valence electrons. The Hall–Kier alpha value is -3.32. The molecular weight excluding hydrogens is 402 g/mol. The maximum absolute atomic E-state index is 13.5. The van der Waals surface area contributed by atoms with Crippen molar-refractivity contribution in [3.05, 3.63) is 71.7 Å². The van der Waals surface area contributed by atoms with Crippen molar-refractivity contribution in [1.29, 1.82) is 0 Å². The SMILES string of the molecule is CN1CCN(C(=O)c2cc([C@H]3CCN(C(=O)c4ccncc4)C3)nc3ccccc23)CC1. The van der Waals surface area contributed by atoms with Crippen molar-refractivity contribution >= 4 is 22.7 Å². The second-order valence-corrected chi connectivity index (χ2v) is 8.68. The zero-order valence-corrected chi connectivity index (χ0v) is 18.3. The summed E-state index contributed by atoms with van der Waals surface area (Å²) in [4.78, 5) is 41.3. The normalized spacial score (nSPS) is 19.5. The van der Waals surface area contributed by atoms with Crippen molar-refractivity contribution in [2.24, 2.45) is 0 Å². The van der Waals surface area contributed by atoms with Crippen LogP contribution in [0.4, 0.5) is 0 Å². The Labute approximate surface area is 187 Å². The third-order valence-electron chi connectivity index (χ3n) is 6.58. The number of hydrogen-bond donors (Lipinski definition) is 0. The highest BCUT2D eigenvalue weighted by atomic mass is 16.2. The van der Waals surface area contributed by atoms with E-state index in [1.807, 2.05) is 40.1 Å². The molecule has 0 radical (unpaired) electrons. The number of likely N-dealkylation sites (N-methyl/N-ethyl adjacent to an activating group) is 1. The average molecular weight is 430 g/mol. The van der Waals surface area contributed by atoms with E-state index in [0.717, 1.165) is 49.2 Å². The molecular formula is C25H27N5O2. The van der Waals surface area contributed by atoms with Gasteiger partial charge in [-0.3, -0.25) is 19.6 Å². The summed E-state index contributed by atoms with van der Waals surface area (Å²) in [5, 5.41) is 0.892. The van der Waals surface area contributed by atoms with Crippen LogP contribution in [0.25, 0.3) is 10.9 Å². The molecule has 4 heterocycles. The van der Waals surface area contributed by atoms with Crippen LogP contribution in [0, 0.1) is 0 Å². The molecule has 0 unspecified atom stereocenters. The van der Waals surface area contributed by atoms with Crippen LogP contribution in [0.15, 0.2) is 54.9 Å². The van der Waals surface area contributed by atoms with Crippen LogP contribution in [0.5, 0.6) is 0 Å². The Morgan fingerprint density at radius 3 is 2.44 bits per heavy atom. The van der Waals surface area contributed by atoms with Gasteiger partial charge in [0.25, 0.3) is 11.8 Å². The van der Waals surface area contributed by atoms with Gasteiger partial charge in [-0.05, 0) is 37.7 Å². The lowest BCUT2D eigenvalue weighted by atomic mass is 9.98. The van der Waals surface area contributed by atoms with Gasteiger partial charge in [0.05, 0.1) is 11.1 Å². The van der Waals surface area contributed by atoms with E-state index >= 15 is 0 Å². The molecule has 0 N–H and O–H groups in total. The highest BCUT2D eigenvalue weighted by molar-refractivity contribution is 6.06. The monoisotopic (exact) mass is 429 g/mol. The number of piperazine rings is 1. The molecule has 2 amide bonds. The second-order valence-electron chi connectivity index (χ2n) is 8.68. The molecule has 2 aliphatic rings. The second kappa shape index (κ2) is 8.67. The average Bonchev–Trinajstić information content (AvgIpc) is 3.34. The van der Waals surface area contributed by atoms with Crippen LogP contribution in [0.1, 0.15) is 38.7 Å². The molecule has 32 heavy (non-hydrogen) atoms. The number of nitrogens with zero attached hydrogens (tertiary/aromatic N) is 5. The van der Waals surface area contributed by atoms with Crippen molar-refractivity contribution in [1.82, 2.24) is 24.7 Å². The molecule has 7 heteroatoms. The smallest absolute Gasteiger partial charge is 0.254 e. The highest BCUT2D eigenvalue weighted by Gasteiger charge is 2.30. The summed E-state index contributed by atoms with van der Waals surface area (Å²) in [6.07, 6.45) is 4.12. The summed E-state index contributed by atoms with van der Waals surface area (Å²) >= 11 is 0. The Kier molecular flexibility index (Phi) is 5.57. The largest absolute Gasteiger partial charge is 0.338 e. The van der Waals surface area contributed by atoms with Gasteiger partial charge in [-0.15, -0.1) is 0 Å². The lowest BCUT2D eigenvalue weighted by Gasteiger charge is -2.32. The number of likely N-dealkylation sites (tertiary alicyclic amines) is 1. The van der Waals surface area contributed by atoms with Crippen molar-refractivity contribution in [2.75, 3.05) is 46.3 Å². The highest BCUT2D eigenvalue weighted by Crippen LogP contribution is 2.30. The van der Waals surface area contributed by atoms with Gasteiger partial charge >= 0.3 is 0 Å². The predicted octanol–water partition coefficient (Wildman–Crippen LogP) is 2.65. The maximum atomic E-state index is 13.5. The molecule has 2 saturated heterocycles. The Bertz CT molecular complexity index is 1140. The quantitative estimate of drug-likeness (QED) is 0.640. The number of fused-ring (bicyclic) bond motifs is 1. The van der Waals surface area contributed by atoms with Crippen molar-refractivity contribution in [3.63, 3.8) is 0 Å². The molecule has 2 fully saturated rings.